The van der Waals surface area contributed by atoms with Gasteiger partial charge in [0, 0.05) is 21.6 Å². The van der Waals surface area contributed by atoms with Gasteiger partial charge in [-0.05, 0) is 71.9 Å². The molecule has 2 fully saturated rings. The fraction of sp³-hybridized carbons (Fsp3) is 0.600. The van der Waals surface area contributed by atoms with E-state index in [0.717, 1.165) is 88.8 Å². The fourth-order valence-electron chi connectivity index (χ4n) is 6.28. The molecule has 0 N–H and O–H groups in total. The highest BCUT2D eigenvalue weighted by Gasteiger charge is 2.38. The van der Waals surface area contributed by atoms with E-state index >= 15 is 0 Å². The molecule has 0 bridgehead atoms. The van der Waals surface area contributed by atoms with Gasteiger partial charge in [-0.3, -0.25) is 0 Å². The third-order valence-corrected chi connectivity index (χ3v) is 10.4. The molecule has 0 nitrogen and oxygen atoms in total. The average molecular weight is 675 g/mol. The molecule has 47 heavy (non-hydrogen) atoms. The Balaban J connectivity index is 2.00. The first-order chi connectivity index (χ1) is 21.8. The van der Waals surface area contributed by atoms with Crippen LogP contribution in [0.25, 0.3) is 0 Å². The highest BCUT2D eigenvalue weighted by atomic mass is 32.2. The summed E-state index contributed by atoms with van der Waals surface area (Å²) < 4.78 is 88.8. The van der Waals surface area contributed by atoms with Crippen LogP contribution in [-0.4, -0.2) is 0 Å². The summed E-state index contributed by atoms with van der Waals surface area (Å²) in [7, 11) is 0. The molecule has 2 aromatic carbocycles. The lowest BCUT2D eigenvalue weighted by Gasteiger charge is -2.25. The van der Waals surface area contributed by atoms with E-state index in [2.05, 4.69) is 23.7 Å². The lowest BCUT2D eigenvalue weighted by atomic mass is 9.85. The Morgan fingerprint density at radius 1 is 0.511 bits per heavy atom. The molecule has 0 aromatic heterocycles. The molecule has 0 atom stereocenters. The van der Waals surface area contributed by atoms with Crippen LogP contribution in [-0.2, 0) is 23.2 Å². The summed E-state index contributed by atoms with van der Waals surface area (Å²) in [5.74, 6) is 12.2. The molecule has 2 aromatic rings. The lowest BCUT2D eigenvalue weighted by molar-refractivity contribution is -0.138. The van der Waals surface area contributed by atoms with E-state index in [-0.39, 0.29) is 32.8 Å². The van der Waals surface area contributed by atoms with Gasteiger partial charge in [0.1, 0.15) is 0 Å². The van der Waals surface area contributed by atoms with Crippen LogP contribution in [0.5, 0.6) is 0 Å². The van der Waals surface area contributed by atoms with Gasteiger partial charge in [0.2, 0.25) is 0 Å². The minimum Gasteiger partial charge on any atom is -0.166 e. The molecule has 0 aliphatic heterocycles. The summed E-state index contributed by atoms with van der Waals surface area (Å²) >= 11 is 0.938. The predicted octanol–water partition coefficient (Wildman–Crippen LogP) is 13.1. The first-order valence-electron chi connectivity index (χ1n) is 17.1. The Morgan fingerprint density at radius 2 is 0.830 bits per heavy atom. The first-order valence-corrected chi connectivity index (χ1v) is 17.9. The Morgan fingerprint density at radius 3 is 1.11 bits per heavy atom. The van der Waals surface area contributed by atoms with Crippen LogP contribution >= 0.6 is 11.8 Å². The molecule has 2 saturated carbocycles. The molecule has 0 amide bonds. The SMILES string of the molecule is CC(C)(C)c1cc(Sc2cc(C(C)(C)C)cc(C(F)(F)F)c2C#CC2CCCCCC2)c(C#CC2CCCCCC2)c(C(F)(F)F)c1. The predicted molar refractivity (Wildman–Crippen MR) is 181 cm³/mol. The molecule has 0 spiro atoms. The smallest absolute Gasteiger partial charge is 0.166 e. The lowest BCUT2D eigenvalue weighted by Crippen LogP contribution is -2.17. The van der Waals surface area contributed by atoms with Crippen molar-refractivity contribution in [2.75, 3.05) is 0 Å². The van der Waals surface area contributed by atoms with Gasteiger partial charge in [-0.25, -0.2) is 0 Å². The second-order valence-electron chi connectivity index (χ2n) is 15.3. The molecule has 0 radical (unpaired) electrons. The van der Waals surface area contributed by atoms with Crippen molar-refractivity contribution in [2.45, 2.75) is 152 Å². The number of benzene rings is 2. The number of alkyl halides is 6. The normalized spacial score (nSPS) is 17.6. The molecular formula is C40H48F6S. The van der Waals surface area contributed by atoms with Crippen LogP contribution in [0.4, 0.5) is 26.3 Å². The third-order valence-electron chi connectivity index (χ3n) is 9.28. The van der Waals surface area contributed by atoms with Gasteiger partial charge >= 0.3 is 12.4 Å². The number of rotatable bonds is 2. The summed E-state index contributed by atoms with van der Waals surface area (Å²) in [5.41, 5.74) is -2.42. The second kappa shape index (κ2) is 14.9. The average Bonchev–Trinajstić information content (AvgIpc) is 3.38. The van der Waals surface area contributed by atoms with Gasteiger partial charge < -0.3 is 0 Å². The van der Waals surface area contributed by atoms with E-state index in [1.165, 1.54) is 12.1 Å². The summed E-state index contributed by atoms with van der Waals surface area (Å²) in [6.07, 6.45) is 2.23. The second-order valence-corrected chi connectivity index (χ2v) is 16.4. The van der Waals surface area contributed by atoms with Crippen LogP contribution in [0.2, 0.25) is 0 Å². The van der Waals surface area contributed by atoms with Crippen LogP contribution in [0.15, 0.2) is 34.1 Å². The van der Waals surface area contributed by atoms with Crippen molar-refractivity contribution in [3.8, 4) is 23.7 Å². The quantitative estimate of drug-likeness (QED) is 0.174. The summed E-state index contributed by atoms with van der Waals surface area (Å²) in [6.45, 7) is 11.0. The van der Waals surface area contributed by atoms with Gasteiger partial charge in [0.05, 0.1) is 22.3 Å². The van der Waals surface area contributed by atoms with E-state index in [1.807, 2.05) is 41.5 Å². The minimum absolute atomic E-state index is 0.0132. The Bertz CT molecular complexity index is 1390. The summed E-state index contributed by atoms with van der Waals surface area (Å²) in [4.78, 5) is 0.421. The highest BCUT2D eigenvalue weighted by Crippen LogP contribution is 2.46. The van der Waals surface area contributed by atoms with Crippen molar-refractivity contribution in [3.63, 3.8) is 0 Å². The van der Waals surface area contributed by atoms with Gasteiger partial charge in [-0.15, -0.1) is 0 Å². The topological polar surface area (TPSA) is 0 Å². The number of hydrogen-bond donors (Lipinski definition) is 0. The Labute approximate surface area is 282 Å². The maximum absolute atomic E-state index is 14.8. The monoisotopic (exact) mass is 674 g/mol. The van der Waals surface area contributed by atoms with Gasteiger partial charge in [-0.1, -0.05) is 128 Å². The van der Waals surface area contributed by atoms with E-state index < -0.39 is 34.3 Å². The van der Waals surface area contributed by atoms with Crippen molar-refractivity contribution < 1.29 is 26.3 Å². The largest absolute Gasteiger partial charge is 0.417 e. The van der Waals surface area contributed by atoms with E-state index in [0.29, 0.717) is 11.1 Å². The van der Waals surface area contributed by atoms with Gasteiger partial charge in [0.15, 0.2) is 0 Å². The van der Waals surface area contributed by atoms with Crippen molar-refractivity contribution in [1.29, 1.82) is 0 Å². The molecule has 7 heteroatoms. The zero-order valence-corrected chi connectivity index (χ0v) is 29.4. The van der Waals surface area contributed by atoms with E-state index in [9.17, 15) is 26.3 Å². The number of hydrogen-bond acceptors (Lipinski definition) is 1. The van der Waals surface area contributed by atoms with Crippen molar-refractivity contribution in [2.24, 2.45) is 11.8 Å². The third kappa shape index (κ3) is 10.2. The zero-order valence-electron chi connectivity index (χ0n) is 28.6. The highest BCUT2D eigenvalue weighted by molar-refractivity contribution is 7.99. The fourth-order valence-corrected chi connectivity index (χ4v) is 7.41. The molecule has 0 heterocycles. The van der Waals surface area contributed by atoms with Crippen molar-refractivity contribution >= 4 is 11.8 Å². The molecule has 4 rings (SSSR count). The van der Waals surface area contributed by atoms with Gasteiger partial charge in [0.25, 0.3) is 0 Å². The summed E-state index contributed by atoms with van der Waals surface area (Å²) in [5, 5.41) is 0. The van der Waals surface area contributed by atoms with Crippen LogP contribution in [0.3, 0.4) is 0 Å². The molecule has 2 aliphatic rings. The van der Waals surface area contributed by atoms with E-state index in [4.69, 9.17) is 0 Å². The number of halogens is 6. The zero-order chi connectivity index (χ0) is 34.6. The summed E-state index contributed by atoms with van der Waals surface area (Å²) in [6, 6.07) is 5.72. The molecule has 256 valence electrons. The standard InChI is InChI=1S/C40H48F6S/c1-37(2,3)29-23-33(39(41,42)43)31(21-19-27-15-11-7-8-12-16-27)35(25-29)47-36-26-30(38(4,5)6)24-34(40(44,45)46)32(36)22-20-28-17-13-9-10-14-18-28/h23-28H,7-18H2,1-6H3. The van der Waals surface area contributed by atoms with Crippen LogP contribution in [0, 0.1) is 35.5 Å². The first kappa shape index (κ1) is 37.3. The van der Waals surface area contributed by atoms with Crippen molar-refractivity contribution in [3.05, 3.63) is 57.6 Å². The van der Waals surface area contributed by atoms with Crippen molar-refractivity contribution in [1.82, 2.24) is 0 Å². The maximum atomic E-state index is 14.8. The van der Waals surface area contributed by atoms with E-state index in [1.54, 1.807) is 12.1 Å². The molecule has 2 aliphatic carbocycles. The maximum Gasteiger partial charge on any atom is 0.417 e. The molecular weight excluding hydrogens is 626 g/mol. The minimum atomic E-state index is -4.70. The van der Waals surface area contributed by atoms with Gasteiger partial charge in [-0.2, -0.15) is 26.3 Å². The van der Waals surface area contributed by atoms with Crippen LogP contribution < -0.4 is 0 Å². The molecule has 0 unspecified atom stereocenters. The Hall–Kier alpha value is -2.51. The van der Waals surface area contributed by atoms with Crippen LogP contribution in [0.1, 0.15) is 152 Å². The Kier molecular flexibility index (Phi) is 11.9. The molecule has 0 saturated heterocycles.